The normalized spacial score (nSPS) is 12.5. The highest BCUT2D eigenvalue weighted by Gasteiger charge is 2.01. The van der Waals surface area contributed by atoms with Gasteiger partial charge in [0.25, 0.3) is 0 Å². The number of benzene rings is 1. The Morgan fingerprint density at radius 2 is 2.08 bits per heavy atom. The number of aldehydes is 1. The first-order chi connectivity index (χ1) is 6.26. The van der Waals surface area contributed by atoms with Gasteiger partial charge in [0.05, 0.1) is 6.04 Å². The standard InChI is InChI=1S/C10H14N2O/c11-6-9-3-1-2-8(4-9)5-10(12)7-13/h1-4,7,10H,5-6,11-12H2/t10-/m1/s1. The summed E-state index contributed by atoms with van der Waals surface area (Å²) in [4.78, 5) is 10.3. The second-order valence-electron chi connectivity index (χ2n) is 3.03. The van der Waals surface area contributed by atoms with E-state index in [4.69, 9.17) is 11.5 Å². The average Bonchev–Trinajstić information content (AvgIpc) is 2.18. The molecular weight excluding hydrogens is 164 g/mol. The second kappa shape index (κ2) is 4.74. The van der Waals surface area contributed by atoms with Crippen molar-refractivity contribution in [2.24, 2.45) is 11.5 Å². The number of carbonyl (C=O) groups excluding carboxylic acids is 1. The fourth-order valence-electron chi connectivity index (χ4n) is 1.20. The van der Waals surface area contributed by atoms with Gasteiger partial charge >= 0.3 is 0 Å². The van der Waals surface area contributed by atoms with Gasteiger partial charge in [0, 0.05) is 6.54 Å². The molecule has 0 saturated heterocycles. The van der Waals surface area contributed by atoms with Crippen molar-refractivity contribution in [3.05, 3.63) is 35.4 Å². The van der Waals surface area contributed by atoms with Crippen molar-refractivity contribution in [3.8, 4) is 0 Å². The summed E-state index contributed by atoms with van der Waals surface area (Å²) in [6.07, 6.45) is 1.34. The fourth-order valence-corrected chi connectivity index (χ4v) is 1.20. The van der Waals surface area contributed by atoms with Gasteiger partial charge in [-0.3, -0.25) is 0 Å². The van der Waals surface area contributed by atoms with Crippen LogP contribution < -0.4 is 11.5 Å². The van der Waals surface area contributed by atoms with Crippen LogP contribution in [0.2, 0.25) is 0 Å². The third kappa shape index (κ3) is 2.97. The Hall–Kier alpha value is -1.19. The van der Waals surface area contributed by atoms with Crippen molar-refractivity contribution >= 4 is 6.29 Å². The van der Waals surface area contributed by atoms with Crippen LogP contribution >= 0.6 is 0 Å². The minimum absolute atomic E-state index is 0.409. The number of hydrogen-bond acceptors (Lipinski definition) is 3. The summed E-state index contributed by atoms with van der Waals surface area (Å²) in [5.41, 5.74) is 13.1. The summed E-state index contributed by atoms with van der Waals surface area (Å²) in [7, 11) is 0. The van der Waals surface area contributed by atoms with Gasteiger partial charge in [0.1, 0.15) is 6.29 Å². The smallest absolute Gasteiger partial charge is 0.137 e. The Kier molecular flexibility index (Phi) is 3.61. The Balaban J connectivity index is 2.71. The highest BCUT2D eigenvalue weighted by Crippen LogP contribution is 2.05. The topological polar surface area (TPSA) is 69.1 Å². The maximum absolute atomic E-state index is 10.3. The Labute approximate surface area is 77.7 Å². The van der Waals surface area contributed by atoms with E-state index in [1.165, 1.54) is 0 Å². The van der Waals surface area contributed by atoms with Crippen LogP contribution in [0.5, 0.6) is 0 Å². The Morgan fingerprint density at radius 3 is 2.69 bits per heavy atom. The molecule has 0 amide bonds. The van der Waals surface area contributed by atoms with Gasteiger partial charge in [0.2, 0.25) is 0 Å². The molecule has 13 heavy (non-hydrogen) atoms. The third-order valence-electron chi connectivity index (χ3n) is 1.87. The van der Waals surface area contributed by atoms with Crippen LogP contribution in [-0.4, -0.2) is 12.3 Å². The summed E-state index contributed by atoms with van der Waals surface area (Å²) in [5, 5.41) is 0. The lowest BCUT2D eigenvalue weighted by Crippen LogP contribution is -2.24. The van der Waals surface area contributed by atoms with Crippen LogP contribution in [0.15, 0.2) is 24.3 Å². The van der Waals surface area contributed by atoms with E-state index in [0.717, 1.165) is 17.4 Å². The molecular formula is C10H14N2O. The number of rotatable bonds is 4. The minimum Gasteiger partial charge on any atom is -0.326 e. The molecule has 1 aromatic carbocycles. The third-order valence-corrected chi connectivity index (χ3v) is 1.87. The molecule has 0 spiro atoms. The van der Waals surface area contributed by atoms with Crippen LogP contribution in [-0.2, 0) is 17.8 Å². The molecule has 3 nitrogen and oxygen atoms in total. The van der Waals surface area contributed by atoms with Crippen molar-refractivity contribution in [1.29, 1.82) is 0 Å². The van der Waals surface area contributed by atoms with Crippen LogP contribution in [0.3, 0.4) is 0 Å². The molecule has 0 aliphatic carbocycles. The molecule has 70 valence electrons. The van der Waals surface area contributed by atoms with Gasteiger partial charge in [-0.1, -0.05) is 24.3 Å². The van der Waals surface area contributed by atoms with Gasteiger partial charge in [0.15, 0.2) is 0 Å². The molecule has 0 aromatic heterocycles. The molecule has 0 saturated carbocycles. The van der Waals surface area contributed by atoms with Crippen LogP contribution in [0, 0.1) is 0 Å². The van der Waals surface area contributed by atoms with Crippen molar-refractivity contribution < 1.29 is 4.79 Å². The SMILES string of the molecule is NCc1cccc(C[C@@H](N)C=O)c1. The predicted octanol–water partition coefficient (Wildman–Crippen LogP) is 0.214. The van der Waals surface area contributed by atoms with Crippen molar-refractivity contribution in [1.82, 2.24) is 0 Å². The van der Waals surface area contributed by atoms with E-state index < -0.39 is 6.04 Å². The summed E-state index contributed by atoms with van der Waals surface area (Å²) >= 11 is 0. The fraction of sp³-hybridized carbons (Fsp3) is 0.300. The van der Waals surface area contributed by atoms with E-state index in [9.17, 15) is 4.79 Å². The number of carbonyl (C=O) groups is 1. The lowest BCUT2D eigenvalue weighted by atomic mass is 10.0. The summed E-state index contributed by atoms with van der Waals surface area (Å²) in [5.74, 6) is 0. The average molecular weight is 178 g/mol. The van der Waals surface area contributed by atoms with Gasteiger partial charge in [-0.05, 0) is 17.5 Å². The molecule has 0 aliphatic heterocycles. The van der Waals surface area contributed by atoms with Crippen molar-refractivity contribution in [2.45, 2.75) is 19.0 Å². The summed E-state index contributed by atoms with van der Waals surface area (Å²) in [6, 6.07) is 7.39. The molecule has 0 heterocycles. The molecule has 0 aliphatic rings. The monoisotopic (exact) mass is 178 g/mol. The first-order valence-electron chi connectivity index (χ1n) is 4.25. The zero-order valence-corrected chi connectivity index (χ0v) is 7.44. The van der Waals surface area contributed by atoms with Crippen molar-refractivity contribution in [3.63, 3.8) is 0 Å². The summed E-state index contributed by atoms with van der Waals surface area (Å²) in [6.45, 7) is 0.518. The van der Waals surface area contributed by atoms with E-state index in [-0.39, 0.29) is 0 Å². The maximum atomic E-state index is 10.3. The van der Waals surface area contributed by atoms with Gasteiger partial charge < -0.3 is 16.3 Å². The zero-order valence-electron chi connectivity index (χ0n) is 7.44. The zero-order chi connectivity index (χ0) is 9.68. The van der Waals surface area contributed by atoms with E-state index >= 15 is 0 Å². The van der Waals surface area contributed by atoms with Crippen LogP contribution in [0.25, 0.3) is 0 Å². The molecule has 4 N–H and O–H groups in total. The number of nitrogens with two attached hydrogens (primary N) is 2. The van der Waals surface area contributed by atoms with Gasteiger partial charge in [-0.15, -0.1) is 0 Å². The molecule has 1 aromatic rings. The first-order valence-corrected chi connectivity index (χ1v) is 4.25. The molecule has 1 atom stereocenters. The Bertz CT molecular complexity index is 286. The lowest BCUT2D eigenvalue weighted by Gasteiger charge is -2.05. The van der Waals surface area contributed by atoms with E-state index in [1.807, 2.05) is 24.3 Å². The second-order valence-corrected chi connectivity index (χ2v) is 3.03. The quantitative estimate of drug-likeness (QED) is 0.648. The molecule has 0 unspecified atom stereocenters. The molecule has 3 heteroatoms. The predicted molar refractivity (Wildman–Crippen MR) is 52.1 cm³/mol. The number of hydrogen-bond donors (Lipinski definition) is 2. The van der Waals surface area contributed by atoms with E-state index in [1.54, 1.807) is 0 Å². The van der Waals surface area contributed by atoms with Crippen LogP contribution in [0.4, 0.5) is 0 Å². The lowest BCUT2D eigenvalue weighted by molar-refractivity contribution is -0.108. The Morgan fingerprint density at radius 1 is 1.38 bits per heavy atom. The largest absolute Gasteiger partial charge is 0.326 e. The molecule has 1 rings (SSSR count). The van der Waals surface area contributed by atoms with E-state index in [0.29, 0.717) is 13.0 Å². The maximum Gasteiger partial charge on any atom is 0.137 e. The summed E-state index contributed by atoms with van der Waals surface area (Å²) < 4.78 is 0. The molecule has 0 bridgehead atoms. The highest BCUT2D eigenvalue weighted by molar-refractivity contribution is 5.57. The minimum atomic E-state index is -0.409. The first kappa shape index (κ1) is 9.89. The van der Waals surface area contributed by atoms with E-state index in [2.05, 4.69) is 0 Å². The molecule has 0 fully saturated rings. The van der Waals surface area contributed by atoms with Crippen LogP contribution in [0.1, 0.15) is 11.1 Å². The molecule has 0 radical (unpaired) electrons. The van der Waals surface area contributed by atoms with Crippen molar-refractivity contribution in [2.75, 3.05) is 0 Å². The van der Waals surface area contributed by atoms with Gasteiger partial charge in [-0.25, -0.2) is 0 Å². The van der Waals surface area contributed by atoms with Gasteiger partial charge in [-0.2, -0.15) is 0 Å². The highest BCUT2D eigenvalue weighted by atomic mass is 16.1.